The van der Waals surface area contributed by atoms with Crippen molar-refractivity contribution < 1.29 is 9.59 Å². The van der Waals surface area contributed by atoms with Gasteiger partial charge in [0.2, 0.25) is 11.8 Å². The second-order valence-corrected chi connectivity index (χ2v) is 5.03. The summed E-state index contributed by atoms with van der Waals surface area (Å²) in [4.78, 5) is 25.4. The Labute approximate surface area is 110 Å². The van der Waals surface area contributed by atoms with Crippen LogP contribution in [0.25, 0.3) is 0 Å². The first-order valence-corrected chi connectivity index (χ1v) is 7.20. The molecular weight excluding hydrogens is 228 g/mol. The van der Waals surface area contributed by atoms with Crippen molar-refractivity contribution in [3.05, 3.63) is 0 Å². The summed E-state index contributed by atoms with van der Waals surface area (Å²) in [7, 11) is 0. The molecule has 4 nitrogen and oxygen atoms in total. The van der Waals surface area contributed by atoms with Crippen molar-refractivity contribution in [3.63, 3.8) is 0 Å². The summed E-state index contributed by atoms with van der Waals surface area (Å²) in [6, 6.07) is 0.249. The molecule has 1 fully saturated rings. The minimum absolute atomic E-state index is 0.139. The van der Waals surface area contributed by atoms with Gasteiger partial charge in [0.15, 0.2) is 0 Å². The molecule has 0 radical (unpaired) electrons. The minimum Gasteiger partial charge on any atom is -0.353 e. The molecule has 104 valence electrons. The van der Waals surface area contributed by atoms with E-state index in [9.17, 15) is 9.59 Å². The summed E-state index contributed by atoms with van der Waals surface area (Å²) in [6.07, 6.45) is 4.14. The summed E-state index contributed by atoms with van der Waals surface area (Å²) >= 11 is 0. The maximum Gasteiger partial charge on any atom is 0.223 e. The van der Waals surface area contributed by atoms with Gasteiger partial charge >= 0.3 is 0 Å². The molecule has 18 heavy (non-hydrogen) atoms. The lowest BCUT2D eigenvalue weighted by Crippen LogP contribution is -2.47. The molecule has 0 aromatic heterocycles. The molecule has 1 saturated heterocycles. The molecule has 1 rings (SSSR count). The third kappa shape index (κ3) is 4.00. The number of likely N-dealkylation sites (tertiary alicyclic amines) is 1. The van der Waals surface area contributed by atoms with E-state index >= 15 is 0 Å². The van der Waals surface area contributed by atoms with Crippen LogP contribution < -0.4 is 5.32 Å². The third-order valence-electron chi connectivity index (χ3n) is 3.85. The van der Waals surface area contributed by atoms with Gasteiger partial charge < -0.3 is 10.2 Å². The van der Waals surface area contributed by atoms with Gasteiger partial charge in [0.05, 0.1) is 0 Å². The monoisotopic (exact) mass is 254 g/mol. The molecule has 1 aliphatic heterocycles. The number of piperidine rings is 1. The molecule has 0 unspecified atom stereocenters. The molecule has 0 aromatic carbocycles. The second kappa shape index (κ2) is 7.39. The van der Waals surface area contributed by atoms with E-state index in [1.54, 1.807) is 0 Å². The van der Waals surface area contributed by atoms with Crippen molar-refractivity contribution in [2.45, 2.75) is 58.9 Å². The molecule has 0 aliphatic carbocycles. The topological polar surface area (TPSA) is 49.4 Å². The highest BCUT2D eigenvalue weighted by Gasteiger charge is 2.24. The zero-order valence-electron chi connectivity index (χ0n) is 11.9. The van der Waals surface area contributed by atoms with Gasteiger partial charge in [0.1, 0.15) is 0 Å². The van der Waals surface area contributed by atoms with Crippen LogP contribution in [0.5, 0.6) is 0 Å². The first-order chi connectivity index (χ1) is 8.62. The summed E-state index contributed by atoms with van der Waals surface area (Å²) in [5, 5.41) is 3.12. The van der Waals surface area contributed by atoms with Gasteiger partial charge in [-0.05, 0) is 25.7 Å². The molecule has 2 amide bonds. The summed E-state index contributed by atoms with van der Waals surface area (Å²) in [5.41, 5.74) is 0. The number of carbonyl (C=O) groups is 2. The Morgan fingerprint density at radius 3 is 2.17 bits per heavy atom. The molecule has 0 spiro atoms. The average Bonchev–Trinajstić information content (AvgIpc) is 2.40. The predicted octanol–water partition coefficient (Wildman–Crippen LogP) is 1.94. The fourth-order valence-corrected chi connectivity index (χ4v) is 2.48. The van der Waals surface area contributed by atoms with Crippen molar-refractivity contribution in [1.82, 2.24) is 10.2 Å². The lowest BCUT2D eigenvalue weighted by molar-refractivity contribution is -0.132. The lowest BCUT2D eigenvalue weighted by Gasteiger charge is -2.33. The highest BCUT2D eigenvalue weighted by molar-refractivity contribution is 5.79. The summed E-state index contributed by atoms with van der Waals surface area (Å²) in [5.74, 6) is 0.542. The highest BCUT2D eigenvalue weighted by atomic mass is 16.2. The zero-order valence-corrected chi connectivity index (χ0v) is 11.9. The van der Waals surface area contributed by atoms with Gasteiger partial charge in [-0.25, -0.2) is 0 Å². The van der Waals surface area contributed by atoms with E-state index in [0.29, 0.717) is 6.42 Å². The molecule has 0 aromatic rings. The van der Waals surface area contributed by atoms with Gasteiger partial charge in [-0.15, -0.1) is 0 Å². The minimum atomic E-state index is 0.139. The Balaban J connectivity index is 2.35. The third-order valence-corrected chi connectivity index (χ3v) is 3.85. The molecule has 0 atom stereocenters. The molecule has 0 bridgehead atoms. The Bertz CT molecular complexity index is 280. The van der Waals surface area contributed by atoms with Crippen molar-refractivity contribution >= 4 is 11.8 Å². The van der Waals surface area contributed by atoms with E-state index in [2.05, 4.69) is 19.2 Å². The van der Waals surface area contributed by atoms with E-state index in [1.165, 1.54) is 0 Å². The van der Waals surface area contributed by atoms with Crippen LogP contribution in [0.2, 0.25) is 0 Å². The van der Waals surface area contributed by atoms with Crippen LogP contribution in [-0.4, -0.2) is 35.8 Å². The number of nitrogens with zero attached hydrogens (tertiary/aromatic N) is 1. The maximum atomic E-state index is 12.0. The Hall–Kier alpha value is -1.06. The number of rotatable bonds is 5. The molecule has 4 heteroatoms. The van der Waals surface area contributed by atoms with E-state index in [-0.39, 0.29) is 23.8 Å². The number of carbonyl (C=O) groups excluding carboxylic acids is 2. The van der Waals surface area contributed by atoms with Crippen LogP contribution in [0.4, 0.5) is 0 Å². The van der Waals surface area contributed by atoms with Gasteiger partial charge in [0.25, 0.3) is 0 Å². The quantitative estimate of drug-likeness (QED) is 0.815. The van der Waals surface area contributed by atoms with Crippen LogP contribution in [0.15, 0.2) is 0 Å². The normalized spacial score (nSPS) is 17.0. The lowest BCUT2D eigenvalue weighted by atomic mass is 9.99. The largest absolute Gasteiger partial charge is 0.353 e. The molecule has 1 N–H and O–H groups in total. The molecule has 1 aliphatic rings. The summed E-state index contributed by atoms with van der Waals surface area (Å²) in [6.45, 7) is 7.55. The predicted molar refractivity (Wildman–Crippen MR) is 72.1 cm³/mol. The van der Waals surface area contributed by atoms with Gasteiger partial charge in [-0.2, -0.15) is 0 Å². The molecular formula is C14H26N2O2. The van der Waals surface area contributed by atoms with E-state index < -0.39 is 0 Å². The van der Waals surface area contributed by atoms with Crippen molar-refractivity contribution in [2.75, 3.05) is 13.1 Å². The number of hydrogen-bond acceptors (Lipinski definition) is 2. The Morgan fingerprint density at radius 2 is 1.72 bits per heavy atom. The number of hydrogen-bond donors (Lipinski definition) is 1. The SMILES string of the molecule is CCC(=O)N1CCC(NC(=O)C(CC)CC)CC1. The van der Waals surface area contributed by atoms with Crippen LogP contribution in [0, 0.1) is 5.92 Å². The van der Waals surface area contributed by atoms with Gasteiger partial charge in [0, 0.05) is 31.5 Å². The second-order valence-electron chi connectivity index (χ2n) is 5.03. The van der Waals surface area contributed by atoms with Crippen molar-refractivity contribution in [1.29, 1.82) is 0 Å². The van der Waals surface area contributed by atoms with Crippen molar-refractivity contribution in [3.8, 4) is 0 Å². The fraction of sp³-hybridized carbons (Fsp3) is 0.857. The first kappa shape index (κ1) is 15.0. The van der Waals surface area contributed by atoms with E-state index in [0.717, 1.165) is 38.8 Å². The number of amides is 2. The summed E-state index contributed by atoms with van der Waals surface area (Å²) < 4.78 is 0. The fourth-order valence-electron chi connectivity index (χ4n) is 2.48. The van der Waals surface area contributed by atoms with Crippen LogP contribution >= 0.6 is 0 Å². The Kier molecular flexibility index (Phi) is 6.16. The smallest absolute Gasteiger partial charge is 0.223 e. The molecule has 1 heterocycles. The van der Waals surface area contributed by atoms with Crippen LogP contribution in [0.3, 0.4) is 0 Å². The zero-order chi connectivity index (χ0) is 13.5. The van der Waals surface area contributed by atoms with Gasteiger partial charge in [-0.3, -0.25) is 9.59 Å². The highest BCUT2D eigenvalue weighted by Crippen LogP contribution is 2.14. The van der Waals surface area contributed by atoms with E-state index in [1.807, 2.05) is 11.8 Å². The van der Waals surface area contributed by atoms with E-state index in [4.69, 9.17) is 0 Å². The van der Waals surface area contributed by atoms with Crippen LogP contribution in [0.1, 0.15) is 52.9 Å². The molecule has 0 saturated carbocycles. The average molecular weight is 254 g/mol. The van der Waals surface area contributed by atoms with Crippen molar-refractivity contribution in [2.24, 2.45) is 5.92 Å². The van der Waals surface area contributed by atoms with Crippen LogP contribution in [-0.2, 0) is 9.59 Å². The standard InChI is InChI=1S/C14H26N2O2/c1-4-11(5-2)14(18)15-12-7-9-16(10-8-12)13(17)6-3/h11-12H,4-10H2,1-3H3,(H,15,18). The Morgan fingerprint density at radius 1 is 1.17 bits per heavy atom. The first-order valence-electron chi connectivity index (χ1n) is 7.20. The number of nitrogens with one attached hydrogen (secondary N) is 1. The maximum absolute atomic E-state index is 12.0. The van der Waals surface area contributed by atoms with Gasteiger partial charge in [-0.1, -0.05) is 20.8 Å².